The van der Waals surface area contributed by atoms with Gasteiger partial charge in [0.25, 0.3) is 0 Å². The second-order valence-corrected chi connectivity index (χ2v) is 4.14. The van der Waals surface area contributed by atoms with E-state index in [1.165, 1.54) is 0 Å². The first-order valence-corrected chi connectivity index (χ1v) is 5.77. The molecule has 1 atom stereocenters. The Bertz CT molecular complexity index is 171. The lowest BCUT2D eigenvalue weighted by Gasteiger charge is -2.19. The fourth-order valence-corrected chi connectivity index (χ4v) is 1.39. The Balaban J connectivity index is 3.76. The number of alkyl halides is 3. The number of halogens is 3. The van der Waals surface area contributed by atoms with Crippen LogP contribution in [0.2, 0.25) is 0 Å². The first-order chi connectivity index (χ1) is 7.35. The van der Waals surface area contributed by atoms with E-state index in [9.17, 15) is 13.2 Å². The average molecular weight is 241 g/mol. The molecule has 0 aliphatic heterocycles. The number of nitrogens with one attached hydrogen (secondary N) is 1. The Morgan fingerprint density at radius 1 is 1.25 bits per heavy atom. The normalized spacial score (nSPS) is 14.4. The molecule has 0 spiro atoms. The molecule has 1 unspecified atom stereocenters. The van der Waals surface area contributed by atoms with E-state index < -0.39 is 12.6 Å². The van der Waals surface area contributed by atoms with E-state index in [1.807, 2.05) is 20.8 Å². The molecule has 16 heavy (non-hydrogen) atoms. The van der Waals surface area contributed by atoms with Gasteiger partial charge in [-0.15, -0.1) is 0 Å². The Morgan fingerprint density at radius 2 is 1.88 bits per heavy atom. The summed E-state index contributed by atoms with van der Waals surface area (Å²) >= 11 is 0. The lowest BCUT2D eigenvalue weighted by atomic mass is 10.1. The van der Waals surface area contributed by atoms with Crippen molar-refractivity contribution in [3.05, 3.63) is 0 Å². The van der Waals surface area contributed by atoms with Gasteiger partial charge in [-0.2, -0.15) is 13.2 Å². The van der Waals surface area contributed by atoms with Crippen molar-refractivity contribution in [2.75, 3.05) is 13.2 Å². The van der Waals surface area contributed by atoms with Crippen molar-refractivity contribution in [3.8, 4) is 0 Å². The van der Waals surface area contributed by atoms with Crippen LogP contribution in [0.3, 0.4) is 0 Å². The van der Waals surface area contributed by atoms with Gasteiger partial charge >= 0.3 is 6.18 Å². The number of rotatable bonds is 8. The van der Waals surface area contributed by atoms with Crippen LogP contribution in [0.5, 0.6) is 0 Å². The van der Waals surface area contributed by atoms with Crippen LogP contribution < -0.4 is 5.32 Å². The summed E-state index contributed by atoms with van der Waals surface area (Å²) in [6, 6.07) is 0.0229. The largest absolute Gasteiger partial charge is 0.389 e. The summed E-state index contributed by atoms with van der Waals surface area (Å²) in [7, 11) is 0. The molecular formula is C11H22F3NO. The first kappa shape index (κ1) is 15.7. The van der Waals surface area contributed by atoms with E-state index in [0.29, 0.717) is 13.0 Å². The number of hydrogen-bond acceptors (Lipinski definition) is 2. The zero-order valence-corrected chi connectivity index (χ0v) is 10.2. The maximum atomic E-state index is 12.0. The molecule has 0 bridgehead atoms. The maximum Gasteiger partial charge on any atom is 0.389 e. The van der Waals surface area contributed by atoms with Crippen LogP contribution in [0.25, 0.3) is 0 Å². The molecule has 0 fully saturated rings. The molecule has 0 saturated carbocycles. The zero-order valence-electron chi connectivity index (χ0n) is 10.2. The lowest BCUT2D eigenvalue weighted by molar-refractivity contribution is -0.136. The molecule has 1 N–H and O–H groups in total. The van der Waals surface area contributed by atoms with Crippen molar-refractivity contribution < 1.29 is 17.9 Å². The molecule has 5 heteroatoms. The van der Waals surface area contributed by atoms with E-state index in [4.69, 9.17) is 4.74 Å². The van der Waals surface area contributed by atoms with Gasteiger partial charge in [-0.3, -0.25) is 0 Å². The van der Waals surface area contributed by atoms with Crippen LogP contribution >= 0.6 is 0 Å². The van der Waals surface area contributed by atoms with Crippen molar-refractivity contribution in [2.45, 2.75) is 58.4 Å². The Kier molecular flexibility index (Phi) is 7.76. The van der Waals surface area contributed by atoms with E-state index in [0.717, 1.165) is 6.54 Å². The summed E-state index contributed by atoms with van der Waals surface area (Å²) < 4.78 is 41.3. The van der Waals surface area contributed by atoms with Crippen molar-refractivity contribution in [1.29, 1.82) is 0 Å². The minimum absolute atomic E-state index is 0.0229. The molecule has 2 nitrogen and oxygen atoms in total. The van der Waals surface area contributed by atoms with Crippen molar-refractivity contribution in [1.82, 2.24) is 5.32 Å². The molecule has 0 heterocycles. The summed E-state index contributed by atoms with van der Waals surface area (Å²) in [5, 5.41) is 3.13. The van der Waals surface area contributed by atoms with Gasteiger partial charge in [0.05, 0.1) is 12.7 Å². The summed E-state index contributed by atoms with van der Waals surface area (Å²) in [5.41, 5.74) is 0. The minimum Gasteiger partial charge on any atom is -0.377 e. The summed E-state index contributed by atoms with van der Waals surface area (Å²) in [6.07, 6.45) is -3.99. The fraction of sp³-hybridized carbons (Fsp3) is 1.00. The standard InChI is InChI=1S/C11H22F3NO/c1-4-15-10(8-16-9(2)3)6-5-7-11(12,13)14/h9-10,15H,4-8H2,1-3H3. The third-order valence-electron chi connectivity index (χ3n) is 2.14. The molecule has 0 aliphatic rings. The average Bonchev–Trinajstić information content (AvgIpc) is 2.12. The first-order valence-electron chi connectivity index (χ1n) is 5.77. The molecule has 0 aromatic carbocycles. The van der Waals surface area contributed by atoms with Gasteiger partial charge in [-0.1, -0.05) is 6.92 Å². The highest BCUT2D eigenvalue weighted by molar-refractivity contribution is 4.67. The zero-order chi connectivity index (χ0) is 12.6. The van der Waals surface area contributed by atoms with Crippen LogP contribution in [0.15, 0.2) is 0 Å². The van der Waals surface area contributed by atoms with Gasteiger partial charge in [0.15, 0.2) is 0 Å². The Hall–Kier alpha value is -0.290. The molecular weight excluding hydrogens is 219 g/mol. The molecule has 0 rings (SSSR count). The number of ether oxygens (including phenoxy) is 1. The highest BCUT2D eigenvalue weighted by atomic mass is 19.4. The lowest BCUT2D eigenvalue weighted by Crippen LogP contribution is -2.34. The third-order valence-corrected chi connectivity index (χ3v) is 2.14. The van der Waals surface area contributed by atoms with Crippen LogP contribution in [0, 0.1) is 0 Å². The molecule has 0 radical (unpaired) electrons. The number of hydrogen-bond donors (Lipinski definition) is 1. The Morgan fingerprint density at radius 3 is 2.31 bits per heavy atom. The van der Waals surface area contributed by atoms with Crippen molar-refractivity contribution in [2.24, 2.45) is 0 Å². The van der Waals surface area contributed by atoms with E-state index >= 15 is 0 Å². The van der Waals surface area contributed by atoms with Crippen molar-refractivity contribution in [3.63, 3.8) is 0 Å². The number of likely N-dealkylation sites (N-methyl/N-ethyl adjacent to an activating group) is 1. The SMILES string of the molecule is CCNC(CCCC(F)(F)F)COC(C)C. The van der Waals surface area contributed by atoms with Crippen LogP contribution in [-0.4, -0.2) is 31.5 Å². The third kappa shape index (κ3) is 10.2. The fourth-order valence-electron chi connectivity index (χ4n) is 1.39. The summed E-state index contributed by atoms with van der Waals surface area (Å²) in [6.45, 7) is 6.99. The molecule has 0 saturated heterocycles. The van der Waals surface area contributed by atoms with E-state index in [2.05, 4.69) is 5.32 Å². The van der Waals surface area contributed by atoms with Crippen LogP contribution in [0.4, 0.5) is 13.2 Å². The predicted molar refractivity (Wildman–Crippen MR) is 58.5 cm³/mol. The predicted octanol–water partition coefficient (Wildman–Crippen LogP) is 3.12. The quantitative estimate of drug-likeness (QED) is 0.705. The maximum absolute atomic E-state index is 12.0. The second kappa shape index (κ2) is 7.90. The molecule has 98 valence electrons. The van der Waals surface area contributed by atoms with Gasteiger partial charge < -0.3 is 10.1 Å². The van der Waals surface area contributed by atoms with E-state index in [-0.39, 0.29) is 18.6 Å². The molecule has 0 aromatic rings. The second-order valence-electron chi connectivity index (χ2n) is 4.14. The summed E-state index contributed by atoms with van der Waals surface area (Å²) in [4.78, 5) is 0. The van der Waals surface area contributed by atoms with Gasteiger partial charge in [0.2, 0.25) is 0 Å². The topological polar surface area (TPSA) is 21.3 Å². The smallest absolute Gasteiger partial charge is 0.377 e. The summed E-state index contributed by atoms with van der Waals surface area (Å²) in [5.74, 6) is 0. The van der Waals surface area contributed by atoms with Gasteiger partial charge in [0, 0.05) is 12.5 Å². The van der Waals surface area contributed by atoms with Gasteiger partial charge in [0.1, 0.15) is 0 Å². The highest BCUT2D eigenvalue weighted by Crippen LogP contribution is 2.22. The molecule has 0 aromatic heterocycles. The van der Waals surface area contributed by atoms with Crippen LogP contribution in [0.1, 0.15) is 40.0 Å². The molecule has 0 aliphatic carbocycles. The van der Waals surface area contributed by atoms with E-state index in [1.54, 1.807) is 0 Å². The van der Waals surface area contributed by atoms with Crippen LogP contribution in [-0.2, 0) is 4.74 Å². The minimum atomic E-state index is -4.05. The molecule has 0 amide bonds. The van der Waals surface area contributed by atoms with Gasteiger partial charge in [-0.05, 0) is 33.2 Å². The van der Waals surface area contributed by atoms with Crippen molar-refractivity contribution >= 4 is 0 Å². The monoisotopic (exact) mass is 241 g/mol. The Labute approximate surface area is 95.5 Å². The highest BCUT2D eigenvalue weighted by Gasteiger charge is 2.26. The van der Waals surface area contributed by atoms with Gasteiger partial charge in [-0.25, -0.2) is 0 Å².